The van der Waals surface area contributed by atoms with E-state index in [0.29, 0.717) is 0 Å². The second kappa shape index (κ2) is 9.62. The van der Waals surface area contributed by atoms with Gasteiger partial charge >= 0.3 is 6.09 Å². The molecular formula is C21H20Cl2F2N2O4. The van der Waals surface area contributed by atoms with Gasteiger partial charge in [-0.15, -0.1) is 0 Å². The van der Waals surface area contributed by atoms with E-state index in [1.807, 2.05) is 0 Å². The molecule has 2 amide bonds. The number of rotatable bonds is 7. The number of benzene rings is 2. The highest BCUT2D eigenvalue weighted by Crippen LogP contribution is 2.35. The minimum absolute atomic E-state index is 0.0420. The summed E-state index contributed by atoms with van der Waals surface area (Å²) in [6, 6.07) is 5.58. The first kappa shape index (κ1) is 24.6. The van der Waals surface area contributed by atoms with Gasteiger partial charge in [0.15, 0.2) is 0 Å². The average Bonchev–Trinajstić information content (AvgIpc) is 2.63. The summed E-state index contributed by atoms with van der Waals surface area (Å²) in [5.74, 6) is -4.51. The Morgan fingerprint density at radius 2 is 1.65 bits per heavy atom. The Morgan fingerprint density at radius 1 is 1.06 bits per heavy atom. The van der Waals surface area contributed by atoms with Crippen LogP contribution in [-0.2, 0) is 4.79 Å². The lowest BCUT2D eigenvalue weighted by Gasteiger charge is -2.27. The first-order valence-electron chi connectivity index (χ1n) is 9.12. The van der Waals surface area contributed by atoms with Gasteiger partial charge in [-0.2, -0.15) is 0 Å². The zero-order chi connectivity index (χ0) is 23.5. The van der Waals surface area contributed by atoms with Crippen LogP contribution in [0.25, 0.3) is 0 Å². The smallest absolute Gasteiger partial charge is 0.405 e. The van der Waals surface area contributed by atoms with Gasteiger partial charge in [-0.3, -0.25) is 9.59 Å². The van der Waals surface area contributed by atoms with E-state index in [0.717, 1.165) is 18.2 Å². The highest BCUT2D eigenvalue weighted by atomic mass is 35.5. The van der Waals surface area contributed by atoms with E-state index in [4.69, 9.17) is 28.3 Å². The highest BCUT2D eigenvalue weighted by molar-refractivity contribution is 6.45. The third-order valence-electron chi connectivity index (χ3n) is 4.48. The van der Waals surface area contributed by atoms with Crippen molar-refractivity contribution in [3.8, 4) is 0 Å². The molecule has 0 aliphatic rings. The molecular weight excluding hydrogens is 453 g/mol. The van der Waals surface area contributed by atoms with Gasteiger partial charge in [0, 0.05) is 11.5 Å². The molecule has 0 bridgehead atoms. The fourth-order valence-electron chi connectivity index (χ4n) is 3.17. The first-order chi connectivity index (χ1) is 14.3. The molecule has 0 aliphatic carbocycles. The van der Waals surface area contributed by atoms with Crippen molar-refractivity contribution in [1.82, 2.24) is 5.32 Å². The van der Waals surface area contributed by atoms with Crippen LogP contribution in [0.3, 0.4) is 0 Å². The van der Waals surface area contributed by atoms with Crippen LogP contribution >= 0.6 is 23.2 Å². The molecule has 2 rings (SSSR count). The summed E-state index contributed by atoms with van der Waals surface area (Å²) in [4.78, 5) is 36.5. The first-order valence-corrected chi connectivity index (χ1v) is 9.88. The van der Waals surface area contributed by atoms with Crippen LogP contribution in [0.4, 0.5) is 19.3 Å². The maximum atomic E-state index is 14.2. The van der Waals surface area contributed by atoms with E-state index < -0.39 is 46.4 Å². The van der Waals surface area contributed by atoms with Crippen molar-refractivity contribution >= 4 is 46.7 Å². The molecule has 2 aromatic rings. The van der Waals surface area contributed by atoms with E-state index in [2.05, 4.69) is 10.6 Å². The summed E-state index contributed by atoms with van der Waals surface area (Å²) < 4.78 is 28.3. The molecule has 3 N–H and O–H groups in total. The van der Waals surface area contributed by atoms with Crippen LogP contribution in [0.5, 0.6) is 0 Å². The van der Waals surface area contributed by atoms with Crippen molar-refractivity contribution in [2.24, 2.45) is 5.92 Å². The van der Waals surface area contributed by atoms with Crippen molar-refractivity contribution in [2.75, 3.05) is 5.32 Å². The van der Waals surface area contributed by atoms with Crippen molar-refractivity contribution in [2.45, 2.75) is 32.7 Å². The average molecular weight is 473 g/mol. The second-order valence-electron chi connectivity index (χ2n) is 7.62. The maximum Gasteiger partial charge on any atom is 0.405 e. The zero-order valence-corrected chi connectivity index (χ0v) is 18.4. The number of hydrogen-bond acceptors (Lipinski definition) is 3. The number of anilines is 1. The number of halogens is 4. The van der Waals surface area contributed by atoms with Crippen LogP contribution in [0.2, 0.25) is 10.0 Å². The van der Waals surface area contributed by atoms with Crippen LogP contribution in [-0.4, -0.2) is 28.4 Å². The SMILES string of the molecule is C[C@@H](CC(C)(C)NC(=O)O)C(=O)Nc1ccc(Cl)c(Cl)c1C(=O)c1c(F)cccc1F. The van der Waals surface area contributed by atoms with Crippen LogP contribution < -0.4 is 10.6 Å². The summed E-state index contributed by atoms with van der Waals surface area (Å²) >= 11 is 12.1. The van der Waals surface area contributed by atoms with Gasteiger partial charge in [0.25, 0.3) is 0 Å². The fourth-order valence-corrected chi connectivity index (χ4v) is 3.58. The topological polar surface area (TPSA) is 95.5 Å². The molecule has 0 saturated heterocycles. The van der Waals surface area contributed by atoms with E-state index in [1.165, 1.54) is 12.1 Å². The standard InChI is InChI=1S/C21H20Cl2F2N2O4/c1-10(9-21(2,3)27-20(30)31)19(29)26-14-8-7-11(22)17(23)16(14)18(28)15-12(24)5-4-6-13(15)25/h4-8,10,27H,9H2,1-3H3,(H,26,29)(H,30,31)/t10-/m0/s1. The van der Waals surface area contributed by atoms with Crippen molar-refractivity contribution in [3.05, 3.63) is 63.1 Å². The van der Waals surface area contributed by atoms with Crippen molar-refractivity contribution < 1.29 is 28.3 Å². The van der Waals surface area contributed by atoms with Crippen LogP contribution in [0.15, 0.2) is 30.3 Å². The fraction of sp³-hybridized carbons (Fsp3) is 0.286. The van der Waals surface area contributed by atoms with Crippen LogP contribution in [0.1, 0.15) is 43.1 Å². The number of nitrogens with one attached hydrogen (secondary N) is 2. The number of carbonyl (C=O) groups is 3. The predicted octanol–water partition coefficient (Wildman–Crippen LogP) is 5.51. The molecule has 0 fully saturated rings. The quantitative estimate of drug-likeness (QED) is 0.462. The molecule has 10 heteroatoms. The van der Waals surface area contributed by atoms with E-state index in [9.17, 15) is 23.2 Å². The van der Waals surface area contributed by atoms with E-state index in [-0.39, 0.29) is 27.7 Å². The number of carbonyl (C=O) groups excluding carboxylic acids is 2. The minimum atomic E-state index is -1.23. The Balaban J connectivity index is 2.38. The molecule has 0 saturated carbocycles. The van der Waals surface area contributed by atoms with Crippen LogP contribution in [0, 0.1) is 17.6 Å². The Labute approximate surface area is 187 Å². The molecule has 31 heavy (non-hydrogen) atoms. The molecule has 0 heterocycles. The predicted molar refractivity (Wildman–Crippen MR) is 114 cm³/mol. The monoisotopic (exact) mass is 472 g/mol. The molecule has 0 aliphatic heterocycles. The molecule has 1 atom stereocenters. The van der Waals surface area contributed by atoms with E-state index >= 15 is 0 Å². The van der Waals surface area contributed by atoms with Gasteiger partial charge in [0.05, 0.1) is 26.9 Å². The number of ketones is 1. The van der Waals surface area contributed by atoms with E-state index in [1.54, 1.807) is 20.8 Å². The Bertz CT molecular complexity index is 1020. The normalized spacial score (nSPS) is 12.2. The summed E-state index contributed by atoms with van der Waals surface area (Å²) in [5, 5.41) is 13.4. The number of carboxylic acid groups (broad SMARTS) is 1. The maximum absolute atomic E-state index is 14.2. The van der Waals surface area contributed by atoms with Gasteiger partial charge < -0.3 is 15.7 Å². The van der Waals surface area contributed by atoms with Gasteiger partial charge in [-0.25, -0.2) is 13.6 Å². The lowest BCUT2D eigenvalue weighted by atomic mass is 9.91. The highest BCUT2D eigenvalue weighted by Gasteiger charge is 2.29. The molecule has 166 valence electrons. The van der Waals surface area contributed by atoms with Gasteiger partial charge in [0.2, 0.25) is 11.7 Å². The molecule has 0 radical (unpaired) electrons. The zero-order valence-electron chi connectivity index (χ0n) is 16.9. The minimum Gasteiger partial charge on any atom is -0.465 e. The van der Waals surface area contributed by atoms with Crippen molar-refractivity contribution in [1.29, 1.82) is 0 Å². The molecule has 0 aromatic heterocycles. The van der Waals surface area contributed by atoms with Gasteiger partial charge in [-0.1, -0.05) is 36.2 Å². The molecule has 0 spiro atoms. The Morgan fingerprint density at radius 3 is 2.19 bits per heavy atom. The number of hydrogen-bond donors (Lipinski definition) is 3. The summed E-state index contributed by atoms with van der Waals surface area (Å²) in [5.41, 5.74) is -2.18. The third kappa shape index (κ3) is 5.92. The molecule has 0 unspecified atom stereocenters. The summed E-state index contributed by atoms with van der Waals surface area (Å²) in [7, 11) is 0. The summed E-state index contributed by atoms with van der Waals surface area (Å²) in [6.07, 6.45) is -1.10. The number of amides is 2. The van der Waals surface area contributed by atoms with Gasteiger partial charge in [0.1, 0.15) is 11.6 Å². The molecule has 2 aromatic carbocycles. The van der Waals surface area contributed by atoms with Crippen molar-refractivity contribution in [3.63, 3.8) is 0 Å². The Hall–Kier alpha value is -2.71. The largest absolute Gasteiger partial charge is 0.465 e. The lowest BCUT2D eigenvalue weighted by molar-refractivity contribution is -0.120. The molecule has 6 nitrogen and oxygen atoms in total. The lowest BCUT2D eigenvalue weighted by Crippen LogP contribution is -2.45. The summed E-state index contributed by atoms with van der Waals surface area (Å²) in [6.45, 7) is 4.79. The van der Waals surface area contributed by atoms with Gasteiger partial charge in [-0.05, 0) is 44.5 Å². The Kier molecular flexibility index (Phi) is 7.62. The second-order valence-corrected chi connectivity index (χ2v) is 8.40. The third-order valence-corrected chi connectivity index (χ3v) is 5.28.